The van der Waals surface area contributed by atoms with Gasteiger partial charge >= 0.3 is 0 Å². The van der Waals surface area contributed by atoms with Gasteiger partial charge in [-0.3, -0.25) is 14.4 Å². The Morgan fingerprint density at radius 1 is 0.297 bits per heavy atom. The molecule has 4 saturated heterocycles. The van der Waals surface area contributed by atoms with E-state index in [0.29, 0.717) is 68.1 Å². The van der Waals surface area contributed by atoms with Crippen LogP contribution in [-0.4, -0.2) is 66.2 Å². The fourth-order valence-corrected chi connectivity index (χ4v) is 10.6. The quantitative estimate of drug-likeness (QED) is 0.0443. The van der Waals surface area contributed by atoms with Crippen LogP contribution < -0.4 is 0 Å². The van der Waals surface area contributed by atoms with E-state index in [1.165, 1.54) is 161 Å². The van der Waals surface area contributed by atoms with E-state index < -0.39 is 5.92 Å². The number of rotatable bonds is 49. The summed E-state index contributed by atoms with van der Waals surface area (Å²) in [5.74, 6) is 0.0527. The van der Waals surface area contributed by atoms with Crippen molar-refractivity contribution in [3.05, 3.63) is 0 Å². The van der Waals surface area contributed by atoms with Crippen LogP contribution in [0.4, 0.5) is 0 Å². The molecule has 0 aromatic heterocycles. The number of Topliss-reactive ketones (excluding diaryl/α,β-unsaturated/α-hetero) is 3. The van der Waals surface area contributed by atoms with Gasteiger partial charge in [0, 0.05) is 38.0 Å². The molecule has 0 aliphatic carbocycles. The summed E-state index contributed by atoms with van der Waals surface area (Å²) in [6, 6.07) is 0. The number of carbonyl (C=O) groups is 3. The largest absolute Gasteiger partial charge is 0.370 e. The second-order valence-corrected chi connectivity index (χ2v) is 21.3. The van der Waals surface area contributed by atoms with Crippen molar-refractivity contribution >= 4 is 17.3 Å². The maximum atomic E-state index is 13.6. The minimum absolute atomic E-state index is 0.143. The first-order chi connectivity index (χ1) is 31.4. The van der Waals surface area contributed by atoms with Crippen LogP contribution in [0.25, 0.3) is 0 Å². The number of unbranched alkanes of at least 4 members (excludes halogenated alkanes) is 23. The molecule has 9 unspecified atom stereocenters. The summed E-state index contributed by atoms with van der Waals surface area (Å²) in [4.78, 5) is 40.0. The van der Waals surface area contributed by atoms with Gasteiger partial charge in [-0.05, 0) is 70.6 Å². The molecule has 0 saturated carbocycles. The number of hydrogen-bond acceptors (Lipinski definition) is 7. The molecule has 0 bridgehead atoms. The van der Waals surface area contributed by atoms with Crippen LogP contribution in [0.5, 0.6) is 0 Å². The first kappa shape index (κ1) is 55.4. The van der Waals surface area contributed by atoms with Gasteiger partial charge in [-0.1, -0.05) is 188 Å². The molecule has 0 spiro atoms. The SMILES string of the molecule is CCCCCCCCC1OC1CCCCCCCC(=O)CC(CC(=O)CCCCCCCC1OC1CCC1OC1CCCC)C(=O)CCCCCCCC1OC1CCCCCCCC. The molecule has 4 aliphatic rings. The molecule has 0 N–H and O–H groups in total. The van der Waals surface area contributed by atoms with E-state index in [1.807, 2.05) is 0 Å². The van der Waals surface area contributed by atoms with E-state index >= 15 is 0 Å². The van der Waals surface area contributed by atoms with Crippen molar-refractivity contribution in [2.24, 2.45) is 5.92 Å². The van der Waals surface area contributed by atoms with Gasteiger partial charge in [-0.25, -0.2) is 0 Å². The van der Waals surface area contributed by atoms with Crippen molar-refractivity contribution in [1.82, 2.24) is 0 Å². The zero-order valence-corrected chi connectivity index (χ0v) is 42.3. The standard InChI is InChI=1S/C57H102O7/c1-4-7-10-12-20-28-37-51-53(61-51)39-30-22-14-17-25-33-47(58)44-46(49(60)35-27-19-16-24-31-40-54-52(62-54)38-29-21-13-11-8-5-2)45-48(59)34-26-18-15-23-32-41-55-57(64-55)43-42-56-50(63-56)36-9-6-3/h46,50-57H,4-45H2,1-3H3. The normalized spacial score (nSPS) is 24.8. The average molecular weight is 899 g/mol. The first-order valence-corrected chi connectivity index (χ1v) is 28.6. The number of hydrogen-bond donors (Lipinski definition) is 0. The van der Waals surface area contributed by atoms with Crippen LogP contribution in [-0.2, 0) is 33.3 Å². The van der Waals surface area contributed by atoms with E-state index in [0.717, 1.165) is 77.0 Å². The smallest absolute Gasteiger partial charge is 0.136 e. The van der Waals surface area contributed by atoms with Gasteiger partial charge in [0.25, 0.3) is 0 Å². The van der Waals surface area contributed by atoms with Crippen molar-refractivity contribution in [1.29, 1.82) is 0 Å². The van der Waals surface area contributed by atoms with Gasteiger partial charge in [0.2, 0.25) is 0 Å². The summed E-state index contributed by atoms with van der Waals surface area (Å²) in [7, 11) is 0. The Kier molecular flexibility index (Phi) is 30.4. The van der Waals surface area contributed by atoms with E-state index in [4.69, 9.17) is 18.9 Å². The van der Waals surface area contributed by atoms with Crippen molar-refractivity contribution in [2.45, 2.75) is 339 Å². The lowest BCUT2D eigenvalue weighted by Crippen LogP contribution is -2.22. The minimum atomic E-state index is -0.432. The topological polar surface area (TPSA) is 101 Å². The molecule has 0 aromatic rings. The summed E-state index contributed by atoms with van der Waals surface area (Å²) >= 11 is 0. The molecule has 7 nitrogen and oxygen atoms in total. The molecule has 64 heavy (non-hydrogen) atoms. The summed E-state index contributed by atoms with van der Waals surface area (Å²) in [5, 5.41) is 0. The maximum absolute atomic E-state index is 13.6. The highest BCUT2D eigenvalue weighted by Crippen LogP contribution is 2.37. The van der Waals surface area contributed by atoms with E-state index in [2.05, 4.69) is 20.8 Å². The Balaban J connectivity index is 1.02. The fourth-order valence-electron chi connectivity index (χ4n) is 10.6. The molecule has 0 aromatic carbocycles. The van der Waals surface area contributed by atoms with Crippen LogP contribution in [0.2, 0.25) is 0 Å². The zero-order valence-electron chi connectivity index (χ0n) is 42.3. The molecule has 4 aliphatic heterocycles. The fraction of sp³-hybridized carbons (Fsp3) is 0.947. The van der Waals surface area contributed by atoms with Crippen LogP contribution in [0.3, 0.4) is 0 Å². The van der Waals surface area contributed by atoms with Crippen LogP contribution >= 0.6 is 0 Å². The molecule has 9 atom stereocenters. The molecule has 4 rings (SSSR count). The van der Waals surface area contributed by atoms with Crippen LogP contribution in [0.1, 0.15) is 290 Å². The van der Waals surface area contributed by atoms with Crippen molar-refractivity contribution < 1.29 is 33.3 Å². The molecular weight excluding hydrogens is 797 g/mol. The summed E-state index contributed by atoms with van der Waals surface area (Å²) in [5.41, 5.74) is 0. The second-order valence-electron chi connectivity index (χ2n) is 21.3. The van der Waals surface area contributed by atoms with E-state index in [1.54, 1.807) is 0 Å². The molecule has 372 valence electrons. The minimum Gasteiger partial charge on any atom is -0.370 e. The summed E-state index contributed by atoms with van der Waals surface area (Å²) in [6.45, 7) is 6.78. The van der Waals surface area contributed by atoms with E-state index in [9.17, 15) is 14.4 Å². The third-order valence-corrected chi connectivity index (χ3v) is 15.2. The van der Waals surface area contributed by atoms with Gasteiger partial charge in [-0.2, -0.15) is 0 Å². The monoisotopic (exact) mass is 899 g/mol. The Labute approximate surface area is 394 Å². The lowest BCUT2D eigenvalue weighted by Gasteiger charge is -2.15. The predicted octanol–water partition coefficient (Wildman–Crippen LogP) is 15.8. The highest BCUT2D eigenvalue weighted by atomic mass is 16.6. The third-order valence-electron chi connectivity index (χ3n) is 15.2. The van der Waals surface area contributed by atoms with Crippen molar-refractivity contribution in [3.8, 4) is 0 Å². The Hall–Kier alpha value is -1.15. The Bertz CT molecular complexity index is 1200. The van der Waals surface area contributed by atoms with Crippen molar-refractivity contribution in [2.75, 3.05) is 0 Å². The third kappa shape index (κ3) is 27.0. The predicted molar refractivity (Wildman–Crippen MR) is 264 cm³/mol. The number of ketones is 3. The lowest BCUT2D eigenvalue weighted by molar-refractivity contribution is -0.131. The molecule has 4 heterocycles. The van der Waals surface area contributed by atoms with Gasteiger partial charge in [0.05, 0.1) is 48.8 Å². The highest BCUT2D eigenvalue weighted by molar-refractivity contribution is 5.92. The second kappa shape index (κ2) is 35.0. The summed E-state index contributed by atoms with van der Waals surface area (Å²) in [6.07, 6.45) is 50.5. The Morgan fingerprint density at radius 2 is 0.547 bits per heavy atom. The lowest BCUT2D eigenvalue weighted by atomic mass is 9.87. The first-order valence-electron chi connectivity index (χ1n) is 28.6. The molecule has 7 heteroatoms. The van der Waals surface area contributed by atoms with Gasteiger partial charge in [-0.15, -0.1) is 0 Å². The Morgan fingerprint density at radius 3 is 0.875 bits per heavy atom. The van der Waals surface area contributed by atoms with Crippen molar-refractivity contribution in [3.63, 3.8) is 0 Å². The van der Waals surface area contributed by atoms with Gasteiger partial charge in [0.1, 0.15) is 17.3 Å². The number of carbonyl (C=O) groups excluding carboxylic acids is 3. The van der Waals surface area contributed by atoms with E-state index in [-0.39, 0.29) is 30.2 Å². The van der Waals surface area contributed by atoms with Crippen LogP contribution in [0.15, 0.2) is 0 Å². The maximum Gasteiger partial charge on any atom is 0.136 e. The average Bonchev–Trinajstić information content (AvgIpc) is 4.11. The molecule has 0 radical (unpaired) electrons. The number of epoxide rings is 4. The molecule has 4 fully saturated rings. The summed E-state index contributed by atoms with van der Waals surface area (Å²) < 4.78 is 23.6. The molecular formula is C57H102O7. The molecule has 0 amide bonds. The van der Waals surface area contributed by atoms with Crippen LogP contribution in [0, 0.1) is 5.92 Å². The van der Waals surface area contributed by atoms with Gasteiger partial charge < -0.3 is 18.9 Å². The number of ether oxygens (including phenoxy) is 4. The van der Waals surface area contributed by atoms with Gasteiger partial charge in [0.15, 0.2) is 0 Å². The highest BCUT2D eigenvalue weighted by Gasteiger charge is 2.43. The zero-order chi connectivity index (χ0) is 45.5.